The van der Waals surface area contributed by atoms with Gasteiger partial charge in [0.2, 0.25) is 11.8 Å². The van der Waals surface area contributed by atoms with Crippen molar-refractivity contribution in [1.29, 1.82) is 0 Å². The van der Waals surface area contributed by atoms with Crippen LogP contribution in [0.15, 0.2) is 24.3 Å². The van der Waals surface area contributed by atoms with Crippen molar-refractivity contribution in [3.63, 3.8) is 0 Å². The summed E-state index contributed by atoms with van der Waals surface area (Å²) in [5.41, 5.74) is -0.305. The number of phenolic OH excluding ortho intramolecular Hbond substituents is 1. The lowest BCUT2D eigenvalue weighted by molar-refractivity contribution is -0.142. The molecule has 4 N–H and O–H groups in total. The van der Waals surface area contributed by atoms with Gasteiger partial charge in [0.05, 0.1) is 6.61 Å². The third-order valence-electron chi connectivity index (χ3n) is 4.39. The molecule has 0 aromatic heterocycles. The molecular weight excluding hydrogens is 434 g/mol. The van der Waals surface area contributed by atoms with Crippen LogP contribution in [0.1, 0.15) is 52.1 Å². The highest BCUT2D eigenvalue weighted by Crippen LogP contribution is 2.24. The molecule has 2 unspecified atom stereocenters. The number of alkyl carbamates (subject to hydrolysis) is 1. The summed E-state index contributed by atoms with van der Waals surface area (Å²) in [5, 5.41) is 24.5. The van der Waals surface area contributed by atoms with Crippen LogP contribution in [0.4, 0.5) is 4.79 Å². The first-order valence-electron chi connectivity index (χ1n) is 10.6. The fraction of sp³-hybridized carbons (Fsp3) is 0.591. The number of amides is 3. The number of unbranched alkanes of at least 4 members (excludes halogenated alkanes) is 1. The Labute approximate surface area is 194 Å². The predicted octanol–water partition coefficient (Wildman–Crippen LogP) is 1.99. The smallest absolute Gasteiger partial charge is 0.408 e. The van der Waals surface area contributed by atoms with E-state index in [0.29, 0.717) is 12.1 Å². The molecule has 0 saturated carbocycles. The predicted molar refractivity (Wildman–Crippen MR) is 125 cm³/mol. The molecule has 0 radical (unpaired) electrons. The van der Waals surface area contributed by atoms with Crippen LogP contribution >= 0.6 is 12.6 Å². The Kier molecular flexibility index (Phi) is 11.3. The summed E-state index contributed by atoms with van der Waals surface area (Å²) < 4.78 is 5.22. The number of aliphatic hydroxyl groups is 1. The molecule has 0 aliphatic rings. The van der Waals surface area contributed by atoms with Crippen molar-refractivity contribution in [1.82, 2.24) is 15.5 Å². The van der Waals surface area contributed by atoms with Crippen molar-refractivity contribution >= 4 is 30.5 Å². The molecule has 0 spiro atoms. The second kappa shape index (κ2) is 13.2. The number of hydrogen-bond acceptors (Lipinski definition) is 7. The quantitative estimate of drug-likeness (QED) is 0.249. The van der Waals surface area contributed by atoms with E-state index in [1.54, 1.807) is 20.8 Å². The molecule has 10 heteroatoms. The zero-order valence-corrected chi connectivity index (χ0v) is 20.0. The lowest BCUT2D eigenvalue weighted by Crippen LogP contribution is -2.54. The number of ether oxygens (including phenoxy) is 1. The highest BCUT2D eigenvalue weighted by Gasteiger charge is 2.35. The molecule has 2 atom stereocenters. The molecule has 0 saturated heterocycles. The van der Waals surface area contributed by atoms with E-state index in [9.17, 15) is 24.6 Å². The standard InChI is InChI=1S/C22H35N3O6S/c1-5-6-11-23-19(28)18(15-7-9-16(27)10-8-15)25(12-13-26)20(29)17(14-32)24-21(30)31-22(2,3)4/h7-10,17-18,26-27,32H,5-6,11-14H2,1-4H3,(H,23,28)(H,24,30). The summed E-state index contributed by atoms with van der Waals surface area (Å²) in [5.74, 6) is -1.05. The van der Waals surface area contributed by atoms with Gasteiger partial charge in [-0.05, 0) is 44.9 Å². The maximum Gasteiger partial charge on any atom is 0.408 e. The number of benzene rings is 1. The molecule has 0 aliphatic carbocycles. The van der Waals surface area contributed by atoms with Crippen LogP contribution in [0.25, 0.3) is 0 Å². The summed E-state index contributed by atoms with van der Waals surface area (Å²) in [7, 11) is 0. The Hall–Kier alpha value is -2.46. The summed E-state index contributed by atoms with van der Waals surface area (Å²) >= 11 is 4.18. The van der Waals surface area contributed by atoms with Crippen molar-refractivity contribution in [2.45, 2.75) is 58.2 Å². The van der Waals surface area contributed by atoms with Gasteiger partial charge in [0.25, 0.3) is 0 Å². The zero-order chi connectivity index (χ0) is 24.3. The van der Waals surface area contributed by atoms with Crippen molar-refractivity contribution in [2.24, 2.45) is 0 Å². The van der Waals surface area contributed by atoms with Gasteiger partial charge in [-0.2, -0.15) is 12.6 Å². The first-order chi connectivity index (χ1) is 15.0. The van der Waals surface area contributed by atoms with Crippen LogP contribution in [0.5, 0.6) is 5.75 Å². The van der Waals surface area contributed by atoms with Gasteiger partial charge in [-0.3, -0.25) is 9.59 Å². The van der Waals surface area contributed by atoms with Gasteiger partial charge in [-0.25, -0.2) is 4.79 Å². The van der Waals surface area contributed by atoms with Crippen LogP contribution in [0.2, 0.25) is 0 Å². The highest BCUT2D eigenvalue weighted by atomic mass is 32.1. The minimum absolute atomic E-state index is 0.0127. The van der Waals surface area contributed by atoms with Crippen LogP contribution in [0, 0.1) is 0 Å². The topological polar surface area (TPSA) is 128 Å². The lowest BCUT2D eigenvalue weighted by Gasteiger charge is -2.33. The number of carbonyl (C=O) groups excluding carboxylic acids is 3. The number of nitrogens with one attached hydrogen (secondary N) is 2. The summed E-state index contributed by atoms with van der Waals surface area (Å²) in [6.07, 6.45) is 0.856. The number of carbonyl (C=O) groups is 3. The Morgan fingerprint density at radius 3 is 2.31 bits per heavy atom. The molecular formula is C22H35N3O6S. The molecule has 1 rings (SSSR count). The SMILES string of the molecule is CCCCNC(=O)C(c1ccc(O)cc1)N(CCO)C(=O)C(CS)NC(=O)OC(C)(C)C. The number of hydrogen-bond donors (Lipinski definition) is 5. The van der Waals surface area contributed by atoms with Gasteiger partial charge < -0.3 is 30.5 Å². The maximum absolute atomic E-state index is 13.3. The van der Waals surface area contributed by atoms with E-state index in [2.05, 4.69) is 23.3 Å². The van der Waals surface area contributed by atoms with Gasteiger partial charge in [0, 0.05) is 18.8 Å². The molecule has 9 nitrogen and oxygen atoms in total. The average molecular weight is 470 g/mol. The molecule has 180 valence electrons. The molecule has 0 bridgehead atoms. The molecule has 3 amide bonds. The number of thiol groups is 1. The van der Waals surface area contributed by atoms with Gasteiger partial charge >= 0.3 is 6.09 Å². The number of aromatic hydroxyl groups is 1. The Bertz CT molecular complexity index is 751. The van der Waals surface area contributed by atoms with E-state index in [4.69, 9.17) is 4.74 Å². The minimum Gasteiger partial charge on any atom is -0.508 e. The second-order valence-electron chi connectivity index (χ2n) is 8.28. The fourth-order valence-electron chi connectivity index (χ4n) is 2.92. The number of nitrogens with zero attached hydrogens (tertiary/aromatic N) is 1. The van der Waals surface area contributed by atoms with Crippen LogP contribution in [-0.4, -0.2) is 70.1 Å². The van der Waals surface area contributed by atoms with E-state index in [1.165, 1.54) is 29.2 Å². The van der Waals surface area contributed by atoms with Crippen LogP contribution < -0.4 is 10.6 Å². The first kappa shape index (κ1) is 27.6. The van der Waals surface area contributed by atoms with Crippen molar-refractivity contribution in [3.05, 3.63) is 29.8 Å². The molecule has 1 aromatic rings. The first-order valence-corrected chi connectivity index (χ1v) is 11.3. The monoisotopic (exact) mass is 469 g/mol. The molecule has 32 heavy (non-hydrogen) atoms. The number of phenols is 1. The maximum atomic E-state index is 13.3. The van der Waals surface area contributed by atoms with E-state index in [1.807, 2.05) is 6.92 Å². The fourth-order valence-corrected chi connectivity index (χ4v) is 3.17. The zero-order valence-electron chi connectivity index (χ0n) is 19.1. The van der Waals surface area contributed by atoms with Gasteiger partial charge in [-0.1, -0.05) is 25.5 Å². The Morgan fingerprint density at radius 1 is 1.19 bits per heavy atom. The van der Waals surface area contributed by atoms with E-state index in [-0.39, 0.29) is 18.0 Å². The third-order valence-corrected chi connectivity index (χ3v) is 4.76. The van der Waals surface area contributed by atoms with Crippen LogP contribution in [-0.2, 0) is 14.3 Å². The Morgan fingerprint density at radius 2 is 1.81 bits per heavy atom. The summed E-state index contributed by atoms with van der Waals surface area (Å²) in [6, 6.07) is 3.75. The molecule has 0 fully saturated rings. The van der Waals surface area contributed by atoms with E-state index >= 15 is 0 Å². The van der Waals surface area contributed by atoms with Crippen LogP contribution in [0.3, 0.4) is 0 Å². The minimum atomic E-state index is -1.08. The van der Waals surface area contributed by atoms with E-state index in [0.717, 1.165) is 12.8 Å². The van der Waals surface area contributed by atoms with E-state index < -0.39 is 42.2 Å². The Balaban J connectivity index is 3.23. The average Bonchev–Trinajstić information content (AvgIpc) is 2.71. The number of aliphatic hydroxyl groups excluding tert-OH is 1. The molecule has 0 aliphatic heterocycles. The van der Waals surface area contributed by atoms with Crippen molar-refractivity contribution < 1.29 is 29.3 Å². The second-order valence-corrected chi connectivity index (χ2v) is 8.64. The molecule has 0 heterocycles. The summed E-state index contributed by atoms with van der Waals surface area (Å²) in [6.45, 7) is 6.97. The van der Waals surface area contributed by atoms with Gasteiger partial charge in [0.1, 0.15) is 23.4 Å². The molecule has 1 aromatic carbocycles. The van der Waals surface area contributed by atoms with Crippen molar-refractivity contribution in [3.8, 4) is 5.75 Å². The normalized spacial score (nSPS) is 13.1. The third kappa shape index (κ3) is 8.96. The highest BCUT2D eigenvalue weighted by molar-refractivity contribution is 7.80. The number of rotatable bonds is 11. The van der Waals surface area contributed by atoms with Crippen molar-refractivity contribution in [2.75, 3.05) is 25.4 Å². The van der Waals surface area contributed by atoms with Gasteiger partial charge in [-0.15, -0.1) is 0 Å². The summed E-state index contributed by atoms with van der Waals surface area (Å²) in [4.78, 5) is 39.8. The van der Waals surface area contributed by atoms with Gasteiger partial charge in [0.15, 0.2) is 0 Å². The largest absolute Gasteiger partial charge is 0.508 e. The lowest BCUT2D eigenvalue weighted by atomic mass is 10.0.